The van der Waals surface area contributed by atoms with Crippen LogP contribution in [-0.2, 0) is 11.3 Å². The number of halogens is 1. The molecule has 140 valence electrons. The maximum atomic E-state index is 12.1. The van der Waals surface area contributed by atoms with Crippen LogP contribution in [-0.4, -0.2) is 21.9 Å². The van der Waals surface area contributed by atoms with Gasteiger partial charge in [-0.2, -0.15) is 0 Å². The van der Waals surface area contributed by atoms with Crippen LogP contribution in [0.5, 0.6) is 0 Å². The van der Waals surface area contributed by atoms with Crippen LogP contribution < -0.4 is 16.0 Å². The van der Waals surface area contributed by atoms with Gasteiger partial charge in [0.05, 0.1) is 5.69 Å². The van der Waals surface area contributed by atoms with Gasteiger partial charge in [-0.15, -0.1) is 23.7 Å². The average Bonchev–Trinajstić information content (AvgIpc) is 3.09. The summed E-state index contributed by atoms with van der Waals surface area (Å²) < 4.78 is 0. The molecule has 2 aromatic heterocycles. The number of urea groups is 1. The van der Waals surface area contributed by atoms with Crippen molar-refractivity contribution in [2.75, 3.05) is 10.6 Å². The predicted octanol–water partition coefficient (Wildman–Crippen LogP) is 3.91. The molecule has 3 rings (SSSR count). The fourth-order valence-corrected chi connectivity index (χ4v) is 2.99. The monoisotopic (exact) mass is 403 g/mol. The number of amides is 3. The smallest absolute Gasteiger partial charge is 0.321 e. The molecule has 2 heterocycles. The molecular weight excluding hydrogens is 386 g/mol. The molecule has 3 aromatic rings. The number of nitrogens with one attached hydrogen (secondary N) is 3. The third kappa shape index (κ3) is 6.05. The van der Waals surface area contributed by atoms with Gasteiger partial charge in [0, 0.05) is 42.5 Å². The molecule has 3 amide bonds. The molecule has 27 heavy (non-hydrogen) atoms. The minimum Gasteiger partial charge on any atom is -0.334 e. The van der Waals surface area contributed by atoms with E-state index in [0.717, 1.165) is 16.8 Å². The molecule has 7 nitrogen and oxygen atoms in total. The number of benzene rings is 1. The molecule has 0 unspecified atom stereocenters. The van der Waals surface area contributed by atoms with Gasteiger partial charge in [-0.1, -0.05) is 12.1 Å². The summed E-state index contributed by atoms with van der Waals surface area (Å²) in [4.78, 5) is 31.5. The number of hydrogen-bond donors (Lipinski definition) is 3. The molecule has 0 bridgehead atoms. The second-order valence-corrected chi connectivity index (χ2v) is 6.32. The predicted molar refractivity (Wildman–Crippen MR) is 109 cm³/mol. The summed E-state index contributed by atoms with van der Waals surface area (Å²) in [5.74, 6) is -0.137. The topological polar surface area (TPSA) is 96.0 Å². The number of anilines is 2. The molecular formula is C18H18ClN5O2S. The summed E-state index contributed by atoms with van der Waals surface area (Å²) >= 11 is 1.35. The number of nitrogens with zero attached hydrogens (tertiary/aromatic N) is 2. The normalized spacial score (nSPS) is 9.81. The maximum absolute atomic E-state index is 12.1. The number of thiazole rings is 1. The molecule has 0 saturated carbocycles. The Kier molecular flexibility index (Phi) is 7.27. The van der Waals surface area contributed by atoms with Gasteiger partial charge in [0.2, 0.25) is 5.91 Å². The Morgan fingerprint density at radius 2 is 1.89 bits per heavy atom. The van der Waals surface area contributed by atoms with Gasteiger partial charge in [0.1, 0.15) is 0 Å². The Hall–Kier alpha value is -2.97. The first-order valence-electron chi connectivity index (χ1n) is 7.87. The fourth-order valence-electron chi connectivity index (χ4n) is 2.27. The molecule has 9 heteroatoms. The van der Waals surface area contributed by atoms with Gasteiger partial charge in [0.15, 0.2) is 5.13 Å². The van der Waals surface area contributed by atoms with Crippen molar-refractivity contribution in [1.82, 2.24) is 15.3 Å². The number of pyridine rings is 1. The van der Waals surface area contributed by atoms with Crippen LogP contribution in [0, 0.1) is 0 Å². The second kappa shape index (κ2) is 9.65. The van der Waals surface area contributed by atoms with E-state index < -0.39 is 0 Å². The molecule has 0 aliphatic carbocycles. The van der Waals surface area contributed by atoms with E-state index in [2.05, 4.69) is 25.9 Å². The van der Waals surface area contributed by atoms with Crippen molar-refractivity contribution < 1.29 is 9.59 Å². The van der Waals surface area contributed by atoms with Gasteiger partial charge in [-0.05, 0) is 29.8 Å². The lowest BCUT2D eigenvalue weighted by molar-refractivity contribution is -0.114. The van der Waals surface area contributed by atoms with Crippen LogP contribution in [0.1, 0.15) is 12.5 Å². The molecule has 0 atom stereocenters. The van der Waals surface area contributed by atoms with E-state index in [1.54, 1.807) is 18.5 Å². The highest BCUT2D eigenvalue weighted by Crippen LogP contribution is 2.24. The number of hydrogen-bond acceptors (Lipinski definition) is 5. The minimum atomic E-state index is -0.342. The van der Waals surface area contributed by atoms with Crippen molar-refractivity contribution >= 4 is 46.5 Å². The van der Waals surface area contributed by atoms with Crippen LogP contribution in [0.2, 0.25) is 0 Å². The molecule has 0 aliphatic rings. The lowest BCUT2D eigenvalue weighted by Gasteiger charge is -2.08. The summed E-state index contributed by atoms with van der Waals surface area (Å²) in [6.07, 6.45) is 3.40. The first-order valence-corrected chi connectivity index (χ1v) is 8.75. The van der Waals surface area contributed by atoms with Crippen molar-refractivity contribution in [2.45, 2.75) is 13.5 Å². The summed E-state index contributed by atoms with van der Waals surface area (Å²) in [6, 6.07) is 10.7. The van der Waals surface area contributed by atoms with E-state index in [1.807, 2.05) is 35.7 Å². The Labute approximate surface area is 166 Å². The summed E-state index contributed by atoms with van der Waals surface area (Å²) in [7, 11) is 0. The summed E-state index contributed by atoms with van der Waals surface area (Å²) in [6.45, 7) is 1.79. The van der Waals surface area contributed by atoms with E-state index >= 15 is 0 Å². The van der Waals surface area contributed by atoms with Crippen molar-refractivity contribution in [3.05, 3.63) is 59.7 Å². The Bertz CT molecular complexity index is 917. The lowest BCUT2D eigenvalue weighted by Crippen LogP contribution is -2.28. The standard InChI is InChI=1S/C18H17N5O2S.ClH/c1-12(24)21-15-4-2-3-13(9-15)10-20-17(25)23-18-22-16(11-26-18)14-5-7-19-8-6-14;/h2-9,11H,10H2,1H3,(H,21,24)(H2,20,22,23,25);1H. The van der Waals surface area contributed by atoms with Crippen LogP contribution in [0.4, 0.5) is 15.6 Å². The van der Waals surface area contributed by atoms with Gasteiger partial charge >= 0.3 is 6.03 Å². The molecule has 0 spiro atoms. The molecule has 3 N–H and O–H groups in total. The van der Waals surface area contributed by atoms with Crippen LogP contribution >= 0.6 is 23.7 Å². The third-order valence-corrected chi connectivity index (χ3v) is 4.16. The molecule has 0 fully saturated rings. The third-order valence-electron chi connectivity index (χ3n) is 3.40. The maximum Gasteiger partial charge on any atom is 0.321 e. The highest BCUT2D eigenvalue weighted by atomic mass is 35.5. The zero-order valence-electron chi connectivity index (χ0n) is 14.4. The quantitative estimate of drug-likeness (QED) is 0.601. The van der Waals surface area contributed by atoms with Gasteiger partial charge in [-0.25, -0.2) is 9.78 Å². The van der Waals surface area contributed by atoms with Gasteiger partial charge in [0.25, 0.3) is 0 Å². The SMILES string of the molecule is CC(=O)Nc1cccc(CNC(=O)Nc2nc(-c3ccncc3)cs2)c1.Cl. The summed E-state index contributed by atoms with van der Waals surface area (Å²) in [5.41, 5.74) is 3.30. The van der Waals surface area contributed by atoms with Crippen molar-refractivity contribution in [2.24, 2.45) is 0 Å². The van der Waals surface area contributed by atoms with E-state index in [-0.39, 0.29) is 24.3 Å². The Morgan fingerprint density at radius 3 is 2.63 bits per heavy atom. The number of carbonyl (C=O) groups is 2. The van der Waals surface area contributed by atoms with Crippen molar-refractivity contribution in [3.63, 3.8) is 0 Å². The highest BCUT2D eigenvalue weighted by molar-refractivity contribution is 7.14. The number of rotatable bonds is 5. The second-order valence-electron chi connectivity index (χ2n) is 5.46. The largest absolute Gasteiger partial charge is 0.334 e. The van der Waals surface area contributed by atoms with Crippen LogP contribution in [0.15, 0.2) is 54.2 Å². The first kappa shape index (κ1) is 20.3. The Balaban J connectivity index is 0.00000261. The average molecular weight is 404 g/mol. The van der Waals surface area contributed by atoms with E-state index in [1.165, 1.54) is 18.3 Å². The summed E-state index contributed by atoms with van der Waals surface area (Å²) in [5, 5.41) is 10.6. The van der Waals surface area contributed by atoms with Crippen LogP contribution in [0.3, 0.4) is 0 Å². The first-order chi connectivity index (χ1) is 12.6. The van der Waals surface area contributed by atoms with Crippen molar-refractivity contribution in [3.8, 4) is 11.3 Å². The molecule has 0 aliphatic heterocycles. The fraction of sp³-hybridized carbons (Fsp3) is 0.111. The van der Waals surface area contributed by atoms with Crippen molar-refractivity contribution in [1.29, 1.82) is 0 Å². The molecule has 0 radical (unpaired) electrons. The van der Waals surface area contributed by atoms with Gasteiger partial charge in [-0.3, -0.25) is 15.1 Å². The number of carbonyl (C=O) groups excluding carboxylic acids is 2. The van der Waals surface area contributed by atoms with E-state index in [0.29, 0.717) is 17.4 Å². The van der Waals surface area contributed by atoms with E-state index in [9.17, 15) is 9.59 Å². The van der Waals surface area contributed by atoms with Crippen LogP contribution in [0.25, 0.3) is 11.3 Å². The van der Waals surface area contributed by atoms with E-state index in [4.69, 9.17) is 0 Å². The molecule has 1 aromatic carbocycles. The number of aromatic nitrogens is 2. The van der Waals surface area contributed by atoms with Gasteiger partial charge < -0.3 is 10.6 Å². The minimum absolute atomic E-state index is 0. The zero-order valence-corrected chi connectivity index (χ0v) is 16.1. The Morgan fingerprint density at radius 1 is 1.11 bits per heavy atom. The molecule has 0 saturated heterocycles. The zero-order chi connectivity index (χ0) is 18.4. The highest BCUT2D eigenvalue weighted by Gasteiger charge is 2.08. The lowest BCUT2D eigenvalue weighted by atomic mass is 10.2.